The summed E-state index contributed by atoms with van der Waals surface area (Å²) in [5.41, 5.74) is 1.52. The number of aromatic nitrogens is 1. The van der Waals surface area contributed by atoms with Gasteiger partial charge in [-0.3, -0.25) is 14.6 Å². The average molecular weight is 331 g/mol. The van der Waals surface area contributed by atoms with E-state index < -0.39 is 0 Å². The molecule has 2 aliphatic heterocycles. The van der Waals surface area contributed by atoms with Gasteiger partial charge in [-0.2, -0.15) is 0 Å². The third-order valence-corrected chi connectivity index (χ3v) is 4.86. The minimum absolute atomic E-state index is 0.0798. The first-order valence-corrected chi connectivity index (χ1v) is 8.69. The number of hydrogen-bond donors (Lipinski definition) is 0. The van der Waals surface area contributed by atoms with Crippen LogP contribution in [0.3, 0.4) is 0 Å². The number of amides is 2. The van der Waals surface area contributed by atoms with Crippen molar-refractivity contribution < 1.29 is 14.3 Å². The SMILES string of the molecule is COCCN1C[C@H](Cc2ncccc2C(=O)N2CCCC2)CC1=O. The van der Waals surface area contributed by atoms with Crippen LogP contribution in [0.15, 0.2) is 18.3 Å². The fraction of sp³-hybridized carbons (Fsp3) is 0.611. The maximum absolute atomic E-state index is 12.7. The Kier molecular flexibility index (Phi) is 5.45. The zero-order valence-electron chi connectivity index (χ0n) is 14.2. The standard InChI is InChI=1S/C18H25N3O3/c1-24-10-9-21-13-14(12-17(21)22)11-16-15(5-4-6-19-16)18(23)20-7-2-3-8-20/h4-6,14H,2-3,7-13H2,1H3/t14-/m1/s1. The van der Waals surface area contributed by atoms with Gasteiger partial charge in [-0.1, -0.05) is 0 Å². The fourth-order valence-corrected chi connectivity index (χ4v) is 3.57. The second-order valence-corrected chi connectivity index (χ2v) is 6.60. The van der Waals surface area contributed by atoms with E-state index in [9.17, 15) is 9.59 Å². The Morgan fingerprint density at radius 1 is 1.38 bits per heavy atom. The second-order valence-electron chi connectivity index (χ2n) is 6.60. The number of pyridine rings is 1. The van der Waals surface area contributed by atoms with Gasteiger partial charge in [-0.15, -0.1) is 0 Å². The van der Waals surface area contributed by atoms with E-state index in [0.29, 0.717) is 31.6 Å². The predicted octanol–water partition coefficient (Wildman–Crippen LogP) is 1.35. The molecule has 2 fully saturated rings. The molecule has 0 spiro atoms. The quantitative estimate of drug-likeness (QED) is 0.789. The van der Waals surface area contributed by atoms with Gasteiger partial charge in [0.25, 0.3) is 5.91 Å². The van der Waals surface area contributed by atoms with E-state index in [4.69, 9.17) is 4.74 Å². The third kappa shape index (κ3) is 3.75. The summed E-state index contributed by atoms with van der Waals surface area (Å²) in [6.45, 7) is 3.57. The summed E-state index contributed by atoms with van der Waals surface area (Å²) in [6.07, 6.45) is 5.08. The van der Waals surface area contributed by atoms with Gasteiger partial charge in [0.1, 0.15) is 0 Å². The van der Waals surface area contributed by atoms with Crippen LogP contribution >= 0.6 is 0 Å². The van der Waals surface area contributed by atoms with Crippen molar-refractivity contribution in [2.75, 3.05) is 39.9 Å². The molecule has 1 aromatic heterocycles. The van der Waals surface area contributed by atoms with Crippen LogP contribution in [0.1, 0.15) is 35.3 Å². The highest BCUT2D eigenvalue weighted by Crippen LogP contribution is 2.23. The molecule has 130 valence electrons. The predicted molar refractivity (Wildman–Crippen MR) is 89.6 cm³/mol. The van der Waals surface area contributed by atoms with E-state index >= 15 is 0 Å². The first-order chi connectivity index (χ1) is 11.7. The molecule has 0 unspecified atom stereocenters. The zero-order valence-corrected chi connectivity index (χ0v) is 14.2. The molecule has 0 bridgehead atoms. The normalized spacial score (nSPS) is 20.9. The topological polar surface area (TPSA) is 62.7 Å². The molecule has 2 saturated heterocycles. The molecular formula is C18H25N3O3. The summed E-state index contributed by atoms with van der Waals surface area (Å²) in [6, 6.07) is 3.68. The van der Waals surface area contributed by atoms with E-state index in [1.807, 2.05) is 21.9 Å². The third-order valence-electron chi connectivity index (χ3n) is 4.86. The molecule has 3 heterocycles. The van der Waals surface area contributed by atoms with E-state index in [-0.39, 0.29) is 17.7 Å². The van der Waals surface area contributed by atoms with Crippen molar-refractivity contribution >= 4 is 11.8 Å². The molecule has 6 nitrogen and oxygen atoms in total. The van der Waals surface area contributed by atoms with Crippen LogP contribution in [0.4, 0.5) is 0 Å². The van der Waals surface area contributed by atoms with Gasteiger partial charge >= 0.3 is 0 Å². The van der Waals surface area contributed by atoms with Gasteiger partial charge in [0.05, 0.1) is 17.9 Å². The summed E-state index contributed by atoms with van der Waals surface area (Å²) in [5, 5.41) is 0. The molecule has 0 aliphatic carbocycles. The Hall–Kier alpha value is -1.95. The Balaban J connectivity index is 1.67. The molecule has 2 aliphatic rings. The Morgan fingerprint density at radius 2 is 2.17 bits per heavy atom. The summed E-state index contributed by atoms with van der Waals surface area (Å²) < 4.78 is 5.06. The molecule has 3 rings (SSSR count). The maximum atomic E-state index is 12.7. The number of nitrogens with zero attached hydrogens (tertiary/aromatic N) is 3. The molecule has 6 heteroatoms. The molecule has 1 aromatic rings. The number of likely N-dealkylation sites (tertiary alicyclic amines) is 2. The van der Waals surface area contributed by atoms with Crippen LogP contribution in [0.2, 0.25) is 0 Å². The molecule has 24 heavy (non-hydrogen) atoms. The Bertz CT molecular complexity index is 599. The number of rotatable bonds is 6. The number of ether oxygens (including phenoxy) is 1. The number of carbonyl (C=O) groups excluding carboxylic acids is 2. The van der Waals surface area contributed by atoms with Crippen molar-refractivity contribution in [1.29, 1.82) is 0 Å². The Labute approximate surface area is 142 Å². The van der Waals surface area contributed by atoms with Crippen LogP contribution in [0.5, 0.6) is 0 Å². The lowest BCUT2D eigenvalue weighted by atomic mass is 9.98. The number of hydrogen-bond acceptors (Lipinski definition) is 4. The van der Waals surface area contributed by atoms with Crippen molar-refractivity contribution in [3.05, 3.63) is 29.6 Å². The van der Waals surface area contributed by atoms with Crippen molar-refractivity contribution in [2.45, 2.75) is 25.7 Å². The number of methoxy groups -OCH3 is 1. The van der Waals surface area contributed by atoms with Crippen LogP contribution in [-0.4, -0.2) is 66.5 Å². The van der Waals surface area contributed by atoms with Gasteiger partial charge in [0.2, 0.25) is 5.91 Å². The zero-order chi connectivity index (χ0) is 16.9. The van der Waals surface area contributed by atoms with Gasteiger partial charge < -0.3 is 14.5 Å². The van der Waals surface area contributed by atoms with Crippen LogP contribution in [0, 0.1) is 5.92 Å². The highest BCUT2D eigenvalue weighted by atomic mass is 16.5. The van der Waals surface area contributed by atoms with E-state index in [0.717, 1.165) is 38.2 Å². The molecule has 2 amide bonds. The smallest absolute Gasteiger partial charge is 0.255 e. The molecule has 0 aromatic carbocycles. The van der Waals surface area contributed by atoms with E-state index in [1.165, 1.54) is 0 Å². The summed E-state index contributed by atoms with van der Waals surface area (Å²) in [7, 11) is 1.64. The monoisotopic (exact) mass is 331 g/mol. The molecule has 1 atom stereocenters. The minimum Gasteiger partial charge on any atom is -0.383 e. The lowest BCUT2D eigenvalue weighted by Gasteiger charge is -2.19. The maximum Gasteiger partial charge on any atom is 0.255 e. The van der Waals surface area contributed by atoms with Gasteiger partial charge in [-0.25, -0.2) is 0 Å². The van der Waals surface area contributed by atoms with Crippen molar-refractivity contribution in [3.8, 4) is 0 Å². The largest absolute Gasteiger partial charge is 0.383 e. The first-order valence-electron chi connectivity index (χ1n) is 8.69. The molecule has 0 N–H and O–H groups in total. The van der Waals surface area contributed by atoms with Gasteiger partial charge in [0.15, 0.2) is 0 Å². The highest BCUT2D eigenvalue weighted by Gasteiger charge is 2.31. The molecule has 0 saturated carbocycles. The van der Waals surface area contributed by atoms with Crippen molar-refractivity contribution in [1.82, 2.24) is 14.8 Å². The lowest BCUT2D eigenvalue weighted by Crippen LogP contribution is -2.30. The number of carbonyl (C=O) groups is 2. The summed E-state index contributed by atoms with van der Waals surface area (Å²) in [5.74, 6) is 0.464. The summed E-state index contributed by atoms with van der Waals surface area (Å²) >= 11 is 0. The highest BCUT2D eigenvalue weighted by molar-refractivity contribution is 5.95. The molecule has 0 radical (unpaired) electrons. The van der Waals surface area contributed by atoms with E-state index in [2.05, 4.69) is 4.98 Å². The minimum atomic E-state index is 0.0798. The first kappa shape index (κ1) is 16.9. The van der Waals surface area contributed by atoms with Crippen LogP contribution in [0.25, 0.3) is 0 Å². The van der Waals surface area contributed by atoms with Gasteiger partial charge in [0, 0.05) is 45.9 Å². The van der Waals surface area contributed by atoms with Gasteiger partial charge in [-0.05, 0) is 37.3 Å². The Morgan fingerprint density at radius 3 is 2.92 bits per heavy atom. The van der Waals surface area contributed by atoms with Crippen LogP contribution in [-0.2, 0) is 16.0 Å². The van der Waals surface area contributed by atoms with Crippen molar-refractivity contribution in [3.63, 3.8) is 0 Å². The van der Waals surface area contributed by atoms with Crippen molar-refractivity contribution in [2.24, 2.45) is 5.92 Å². The fourth-order valence-electron chi connectivity index (χ4n) is 3.57. The average Bonchev–Trinajstić information content (AvgIpc) is 3.23. The van der Waals surface area contributed by atoms with E-state index in [1.54, 1.807) is 13.3 Å². The lowest BCUT2D eigenvalue weighted by molar-refractivity contribution is -0.128. The summed E-state index contributed by atoms with van der Waals surface area (Å²) in [4.78, 5) is 33.0. The molecular weight excluding hydrogens is 306 g/mol. The second kappa shape index (κ2) is 7.75. The van der Waals surface area contributed by atoms with Crippen LogP contribution < -0.4 is 0 Å².